The molecule has 6 nitrogen and oxygen atoms in total. The summed E-state index contributed by atoms with van der Waals surface area (Å²) in [4.78, 5) is 12.3. The number of aromatic nitrogens is 3. The number of alkyl halides is 3. The number of carbonyl (C=O) groups is 1. The van der Waals surface area contributed by atoms with Crippen LogP contribution in [0.25, 0.3) is 16.7 Å². The summed E-state index contributed by atoms with van der Waals surface area (Å²) in [6.45, 7) is 0. The molecule has 0 radical (unpaired) electrons. The normalized spacial score (nSPS) is 18.1. The van der Waals surface area contributed by atoms with Crippen LogP contribution < -0.4 is 0 Å². The van der Waals surface area contributed by atoms with E-state index in [-0.39, 0.29) is 28.4 Å². The molecule has 1 N–H and O–H groups in total. The van der Waals surface area contributed by atoms with Gasteiger partial charge in [0, 0.05) is 12.0 Å². The summed E-state index contributed by atoms with van der Waals surface area (Å²) in [7, 11) is 1.26. The number of aliphatic hydroxyl groups excluding tert-OH is 1. The number of methoxy groups -OCH3 is 1. The van der Waals surface area contributed by atoms with Gasteiger partial charge in [-0.2, -0.15) is 13.2 Å². The van der Waals surface area contributed by atoms with Crippen LogP contribution in [-0.4, -0.2) is 33.2 Å². The van der Waals surface area contributed by atoms with Gasteiger partial charge < -0.3 is 9.84 Å². The van der Waals surface area contributed by atoms with E-state index in [2.05, 4.69) is 14.9 Å². The van der Waals surface area contributed by atoms with E-state index in [9.17, 15) is 23.1 Å². The number of halogens is 3. The number of nitrogens with zero attached hydrogens (tertiary/aromatic N) is 3. The summed E-state index contributed by atoms with van der Waals surface area (Å²) in [5.41, 5.74) is -0.284. The second-order valence-corrected chi connectivity index (χ2v) is 5.61. The fourth-order valence-corrected chi connectivity index (χ4v) is 2.48. The van der Waals surface area contributed by atoms with E-state index < -0.39 is 17.7 Å². The van der Waals surface area contributed by atoms with Crippen LogP contribution in [-0.2, 0) is 15.7 Å². The van der Waals surface area contributed by atoms with Gasteiger partial charge in [-0.1, -0.05) is 6.08 Å². The molecular weight excluding hydrogens is 351 g/mol. The van der Waals surface area contributed by atoms with Crippen molar-refractivity contribution < 1.29 is 27.8 Å². The third-order valence-electron chi connectivity index (χ3n) is 3.82. The number of allylic oxidation sites excluding steroid dienone is 4. The van der Waals surface area contributed by atoms with Crippen LogP contribution in [0.5, 0.6) is 0 Å². The zero-order valence-electron chi connectivity index (χ0n) is 13.6. The highest BCUT2D eigenvalue weighted by molar-refractivity contribution is 5.82. The van der Waals surface area contributed by atoms with Gasteiger partial charge in [0.1, 0.15) is 22.5 Å². The smallest absolute Gasteiger partial charge is 0.416 e. The van der Waals surface area contributed by atoms with E-state index in [1.54, 1.807) is 12.2 Å². The van der Waals surface area contributed by atoms with E-state index >= 15 is 0 Å². The summed E-state index contributed by atoms with van der Waals surface area (Å²) >= 11 is 0. The zero-order chi connectivity index (χ0) is 18.9. The molecule has 0 bridgehead atoms. The second kappa shape index (κ2) is 6.66. The summed E-state index contributed by atoms with van der Waals surface area (Å²) in [5, 5.41) is 18.2. The van der Waals surface area contributed by atoms with E-state index in [1.807, 2.05) is 0 Å². The van der Waals surface area contributed by atoms with Gasteiger partial charge >= 0.3 is 12.1 Å². The Bertz CT molecular complexity index is 942. The Kier molecular flexibility index (Phi) is 4.54. The number of aliphatic hydroxyl groups is 1. The van der Waals surface area contributed by atoms with Crippen molar-refractivity contribution in [2.24, 2.45) is 5.92 Å². The number of benzene rings is 1. The maximum Gasteiger partial charge on any atom is 0.416 e. The lowest BCUT2D eigenvalue weighted by molar-refractivity contribution is -0.137. The minimum atomic E-state index is -4.48. The van der Waals surface area contributed by atoms with Crippen molar-refractivity contribution in [2.45, 2.75) is 12.6 Å². The fraction of sp³-hybridized carbons (Fsp3) is 0.235. The van der Waals surface area contributed by atoms with Crippen LogP contribution in [0.2, 0.25) is 0 Å². The highest BCUT2D eigenvalue weighted by atomic mass is 19.4. The van der Waals surface area contributed by atoms with Gasteiger partial charge in [0.2, 0.25) is 0 Å². The highest BCUT2D eigenvalue weighted by Crippen LogP contribution is 2.31. The maximum absolute atomic E-state index is 12.8. The first-order valence-corrected chi connectivity index (χ1v) is 7.60. The Balaban J connectivity index is 1.95. The van der Waals surface area contributed by atoms with Gasteiger partial charge in [0.25, 0.3) is 0 Å². The van der Waals surface area contributed by atoms with E-state index in [0.717, 1.165) is 16.9 Å². The molecule has 26 heavy (non-hydrogen) atoms. The van der Waals surface area contributed by atoms with Gasteiger partial charge in [-0.3, -0.25) is 0 Å². The first kappa shape index (κ1) is 17.7. The third-order valence-corrected chi connectivity index (χ3v) is 3.82. The number of rotatable bonds is 3. The molecule has 0 saturated carbocycles. The van der Waals surface area contributed by atoms with Crippen LogP contribution >= 0.6 is 0 Å². The first-order chi connectivity index (χ1) is 12.3. The Morgan fingerprint density at radius 2 is 2.08 bits per heavy atom. The highest BCUT2D eigenvalue weighted by Gasteiger charge is 2.31. The predicted molar refractivity (Wildman–Crippen MR) is 86.8 cm³/mol. The van der Waals surface area contributed by atoms with Crippen LogP contribution in [0, 0.1) is 5.92 Å². The lowest BCUT2D eigenvalue weighted by atomic mass is 9.98. The van der Waals surface area contributed by atoms with Crippen LogP contribution in [0.3, 0.4) is 0 Å². The van der Waals surface area contributed by atoms with Gasteiger partial charge in [-0.25, -0.2) is 4.79 Å². The van der Waals surface area contributed by atoms with E-state index in [1.165, 1.54) is 25.3 Å². The molecule has 1 aliphatic carbocycles. The lowest BCUT2D eigenvalue weighted by Crippen LogP contribution is -2.10. The number of hydrogen-bond acceptors (Lipinski definition) is 5. The summed E-state index contributed by atoms with van der Waals surface area (Å²) in [6, 6.07) is 3.05. The maximum atomic E-state index is 12.8. The molecule has 0 spiro atoms. The molecule has 1 atom stereocenters. The molecule has 0 fully saturated rings. The number of ether oxygens (including phenoxy) is 1. The Labute approximate surface area is 145 Å². The topological polar surface area (TPSA) is 77.2 Å². The Hall–Kier alpha value is -3.10. The molecule has 3 rings (SSSR count). The van der Waals surface area contributed by atoms with Crippen LogP contribution in [0.1, 0.15) is 12.0 Å². The second-order valence-electron chi connectivity index (χ2n) is 5.61. The quantitative estimate of drug-likeness (QED) is 0.666. The SMILES string of the molecule is COC(=O)C=CC1C=C(n2nc3ccc(C(F)(F)F)cc3n2)C(O)=CC1. The van der Waals surface area contributed by atoms with Crippen molar-refractivity contribution in [3.63, 3.8) is 0 Å². The number of hydrogen-bond donors (Lipinski definition) is 1. The molecule has 1 aromatic heterocycles. The van der Waals surface area contributed by atoms with E-state index in [4.69, 9.17) is 0 Å². The average Bonchev–Trinajstić information content (AvgIpc) is 3.02. The van der Waals surface area contributed by atoms with Gasteiger partial charge in [-0.05, 0) is 36.8 Å². The molecule has 1 heterocycles. The standard InChI is InChI=1S/C17H14F3N3O3/c1-26-16(25)7-3-10-2-6-15(24)14(8-10)23-21-12-5-4-11(17(18,19)20)9-13(12)22-23/h3-10,24H,2H2,1H3. The molecule has 0 amide bonds. The molecule has 1 aromatic carbocycles. The Morgan fingerprint density at radius 3 is 2.77 bits per heavy atom. The average molecular weight is 365 g/mol. The largest absolute Gasteiger partial charge is 0.506 e. The van der Waals surface area contributed by atoms with Crippen LogP contribution in [0.15, 0.2) is 48.3 Å². The van der Waals surface area contributed by atoms with Crippen molar-refractivity contribution in [2.75, 3.05) is 7.11 Å². The summed E-state index contributed by atoms with van der Waals surface area (Å²) in [5.74, 6) is -0.828. The number of carbonyl (C=O) groups excluding carboxylic acids is 1. The fourth-order valence-electron chi connectivity index (χ4n) is 2.48. The third kappa shape index (κ3) is 3.61. The van der Waals surface area contributed by atoms with E-state index in [0.29, 0.717) is 6.42 Å². The zero-order valence-corrected chi connectivity index (χ0v) is 13.6. The molecule has 2 aromatic rings. The molecule has 1 aliphatic rings. The van der Waals surface area contributed by atoms with Gasteiger partial charge in [-0.15, -0.1) is 15.0 Å². The molecule has 0 aliphatic heterocycles. The molecule has 136 valence electrons. The molecule has 0 saturated heterocycles. The first-order valence-electron chi connectivity index (χ1n) is 7.60. The predicted octanol–water partition coefficient (Wildman–Crippen LogP) is 3.48. The van der Waals surface area contributed by atoms with Gasteiger partial charge in [0.05, 0.1) is 12.7 Å². The van der Waals surface area contributed by atoms with Crippen molar-refractivity contribution in [3.05, 3.63) is 53.8 Å². The monoisotopic (exact) mass is 365 g/mol. The van der Waals surface area contributed by atoms with Crippen LogP contribution in [0.4, 0.5) is 13.2 Å². The summed E-state index contributed by atoms with van der Waals surface area (Å²) < 4.78 is 42.9. The number of fused-ring (bicyclic) bond motifs is 1. The van der Waals surface area contributed by atoms with Crippen molar-refractivity contribution in [3.8, 4) is 0 Å². The van der Waals surface area contributed by atoms with Crippen molar-refractivity contribution in [1.82, 2.24) is 15.0 Å². The summed E-state index contributed by atoms with van der Waals surface area (Å²) in [6.07, 6.45) is 1.97. The van der Waals surface area contributed by atoms with Crippen molar-refractivity contribution >= 4 is 22.7 Å². The molecule has 9 heteroatoms. The lowest BCUT2D eigenvalue weighted by Gasteiger charge is -2.15. The van der Waals surface area contributed by atoms with Crippen molar-refractivity contribution in [1.29, 1.82) is 0 Å². The minimum Gasteiger partial charge on any atom is -0.506 e. The molecular formula is C17H14F3N3O3. The number of esters is 1. The Morgan fingerprint density at radius 1 is 1.35 bits per heavy atom. The minimum absolute atomic E-state index is 0.0563. The molecule has 1 unspecified atom stereocenters. The van der Waals surface area contributed by atoms with Gasteiger partial charge in [0.15, 0.2) is 0 Å².